The molecule has 21 heavy (non-hydrogen) atoms. The highest BCUT2D eigenvalue weighted by molar-refractivity contribution is 7.15. The molecule has 2 atom stereocenters. The van der Waals surface area contributed by atoms with E-state index in [0.717, 1.165) is 19.5 Å². The van der Waals surface area contributed by atoms with Gasteiger partial charge in [0.05, 0.1) is 5.69 Å². The number of nitrogens with two attached hydrogens (primary N) is 1. The number of anilines is 1. The number of likely N-dealkylation sites (N-methyl/N-ethyl adjacent to an activating group) is 1. The predicted octanol–water partition coefficient (Wildman–Crippen LogP) is 3.04. The van der Waals surface area contributed by atoms with Gasteiger partial charge in [-0.15, -0.1) is 11.3 Å². The normalized spacial score (nSPS) is 22.3. The molecule has 0 aromatic carbocycles. The van der Waals surface area contributed by atoms with Gasteiger partial charge >= 0.3 is 0 Å². The minimum atomic E-state index is 0.503. The van der Waals surface area contributed by atoms with Crippen LogP contribution in [0, 0.1) is 0 Å². The second-order valence-electron chi connectivity index (χ2n) is 6.19. The molecule has 1 aliphatic rings. The second kappa shape index (κ2) is 7.56. The number of aromatic nitrogens is 1. The van der Waals surface area contributed by atoms with Gasteiger partial charge in [0.2, 0.25) is 0 Å². The smallest absolute Gasteiger partial charge is 0.186 e. The van der Waals surface area contributed by atoms with Gasteiger partial charge in [0.1, 0.15) is 0 Å². The maximum atomic E-state index is 5.95. The predicted molar refractivity (Wildman–Crippen MR) is 92.3 cm³/mol. The van der Waals surface area contributed by atoms with E-state index in [1.807, 2.05) is 11.3 Å². The molecular weight excluding hydrogens is 280 g/mol. The molecule has 2 N–H and O–H groups in total. The van der Waals surface area contributed by atoms with Crippen LogP contribution >= 0.6 is 11.3 Å². The SMILES string of the molecule is CCC(C)c1nc(N2CCCN(C)CC2CC)sc1CN. The van der Waals surface area contributed by atoms with Crippen molar-refractivity contribution in [3.63, 3.8) is 0 Å². The topological polar surface area (TPSA) is 45.4 Å². The molecule has 1 aromatic heterocycles. The minimum absolute atomic E-state index is 0.503. The van der Waals surface area contributed by atoms with Crippen LogP contribution in [0.2, 0.25) is 0 Å². The van der Waals surface area contributed by atoms with Gasteiger partial charge in [-0.05, 0) is 38.8 Å². The maximum absolute atomic E-state index is 5.95. The molecule has 0 bridgehead atoms. The van der Waals surface area contributed by atoms with Crippen LogP contribution in [0.4, 0.5) is 5.13 Å². The zero-order chi connectivity index (χ0) is 15.4. The maximum Gasteiger partial charge on any atom is 0.186 e. The van der Waals surface area contributed by atoms with E-state index in [1.165, 1.54) is 35.1 Å². The molecule has 0 saturated carbocycles. The van der Waals surface area contributed by atoms with Gasteiger partial charge in [-0.2, -0.15) is 0 Å². The fraction of sp³-hybridized carbons (Fsp3) is 0.812. The highest BCUT2D eigenvalue weighted by Crippen LogP contribution is 2.33. The zero-order valence-electron chi connectivity index (χ0n) is 13.9. The first kappa shape index (κ1) is 16.7. The molecule has 1 saturated heterocycles. The molecule has 2 heterocycles. The average Bonchev–Trinajstić information content (AvgIpc) is 2.83. The van der Waals surface area contributed by atoms with E-state index in [-0.39, 0.29) is 0 Å². The van der Waals surface area contributed by atoms with Crippen LogP contribution < -0.4 is 10.6 Å². The quantitative estimate of drug-likeness (QED) is 0.908. The number of thiazole rings is 1. The molecular formula is C16H30N4S. The average molecular weight is 311 g/mol. The molecule has 0 radical (unpaired) electrons. The lowest BCUT2D eigenvalue weighted by Gasteiger charge is -2.29. The van der Waals surface area contributed by atoms with Crippen LogP contribution in [-0.4, -0.2) is 42.6 Å². The highest BCUT2D eigenvalue weighted by Gasteiger charge is 2.26. The lowest BCUT2D eigenvalue weighted by atomic mass is 10.0. The summed E-state index contributed by atoms with van der Waals surface area (Å²) in [5.41, 5.74) is 7.18. The van der Waals surface area contributed by atoms with Crippen LogP contribution in [0.25, 0.3) is 0 Å². The van der Waals surface area contributed by atoms with Crippen LogP contribution in [0.15, 0.2) is 0 Å². The fourth-order valence-electron chi connectivity index (χ4n) is 3.04. The summed E-state index contributed by atoms with van der Waals surface area (Å²) < 4.78 is 0. The third-order valence-corrected chi connectivity index (χ3v) is 5.73. The van der Waals surface area contributed by atoms with E-state index in [4.69, 9.17) is 10.7 Å². The molecule has 0 spiro atoms. The van der Waals surface area contributed by atoms with Crippen molar-refractivity contribution >= 4 is 16.5 Å². The molecule has 5 heteroatoms. The Hall–Kier alpha value is -0.650. The Morgan fingerprint density at radius 2 is 2.14 bits per heavy atom. The van der Waals surface area contributed by atoms with Crippen molar-refractivity contribution in [2.24, 2.45) is 5.73 Å². The summed E-state index contributed by atoms with van der Waals surface area (Å²) in [6, 6.07) is 0.569. The van der Waals surface area contributed by atoms with Crippen molar-refractivity contribution in [1.29, 1.82) is 0 Å². The molecule has 4 nitrogen and oxygen atoms in total. The first-order valence-electron chi connectivity index (χ1n) is 8.25. The number of rotatable bonds is 5. The Morgan fingerprint density at radius 1 is 1.38 bits per heavy atom. The minimum Gasteiger partial charge on any atom is -0.344 e. The summed E-state index contributed by atoms with van der Waals surface area (Å²) in [7, 11) is 2.23. The zero-order valence-corrected chi connectivity index (χ0v) is 14.7. The fourth-order valence-corrected chi connectivity index (χ4v) is 4.20. The van der Waals surface area contributed by atoms with Crippen molar-refractivity contribution in [1.82, 2.24) is 9.88 Å². The Balaban J connectivity index is 2.28. The standard InChI is InChI=1S/C16H30N4S/c1-5-12(3)15-14(10-17)21-16(18-15)20-9-7-8-19(4)11-13(20)6-2/h12-13H,5-11,17H2,1-4H3. The van der Waals surface area contributed by atoms with Crippen LogP contribution in [0.3, 0.4) is 0 Å². The van der Waals surface area contributed by atoms with E-state index in [9.17, 15) is 0 Å². The lowest BCUT2D eigenvalue weighted by molar-refractivity contribution is 0.328. The van der Waals surface area contributed by atoms with E-state index < -0.39 is 0 Å². The van der Waals surface area contributed by atoms with Crippen LogP contribution in [0.5, 0.6) is 0 Å². The van der Waals surface area contributed by atoms with Gasteiger partial charge < -0.3 is 15.5 Å². The van der Waals surface area contributed by atoms with Crippen molar-refractivity contribution in [2.75, 3.05) is 31.6 Å². The van der Waals surface area contributed by atoms with E-state index in [1.54, 1.807) is 0 Å². The van der Waals surface area contributed by atoms with E-state index in [2.05, 4.69) is 37.6 Å². The number of hydrogen-bond acceptors (Lipinski definition) is 5. The third-order valence-electron chi connectivity index (χ3n) is 4.60. The summed E-state index contributed by atoms with van der Waals surface area (Å²) in [5, 5.41) is 1.19. The highest BCUT2D eigenvalue weighted by atomic mass is 32.1. The van der Waals surface area contributed by atoms with Gasteiger partial charge in [-0.3, -0.25) is 0 Å². The van der Waals surface area contributed by atoms with Crippen molar-refractivity contribution in [3.8, 4) is 0 Å². The summed E-state index contributed by atoms with van der Waals surface area (Å²) in [4.78, 5) is 11.2. The van der Waals surface area contributed by atoms with Crippen molar-refractivity contribution in [2.45, 2.75) is 58.5 Å². The molecule has 2 unspecified atom stereocenters. The Bertz CT molecular complexity index is 445. The monoisotopic (exact) mass is 310 g/mol. The Labute approximate surface area is 133 Å². The molecule has 1 aliphatic heterocycles. The van der Waals surface area contributed by atoms with Crippen molar-refractivity contribution < 1.29 is 0 Å². The van der Waals surface area contributed by atoms with E-state index >= 15 is 0 Å². The summed E-state index contributed by atoms with van der Waals surface area (Å²) in [5.74, 6) is 0.503. The summed E-state index contributed by atoms with van der Waals surface area (Å²) >= 11 is 1.81. The van der Waals surface area contributed by atoms with Gasteiger partial charge in [-0.25, -0.2) is 4.98 Å². The van der Waals surface area contributed by atoms with Gasteiger partial charge in [0, 0.05) is 30.6 Å². The first-order valence-corrected chi connectivity index (χ1v) is 9.07. The van der Waals surface area contributed by atoms with E-state index in [0.29, 0.717) is 18.5 Å². The largest absolute Gasteiger partial charge is 0.344 e. The first-order chi connectivity index (χ1) is 10.1. The molecule has 120 valence electrons. The Morgan fingerprint density at radius 3 is 2.76 bits per heavy atom. The molecule has 0 amide bonds. The second-order valence-corrected chi connectivity index (χ2v) is 7.25. The third kappa shape index (κ3) is 3.76. The number of hydrogen-bond donors (Lipinski definition) is 1. The molecule has 0 aliphatic carbocycles. The van der Waals surface area contributed by atoms with Crippen molar-refractivity contribution in [3.05, 3.63) is 10.6 Å². The van der Waals surface area contributed by atoms with Gasteiger partial charge in [-0.1, -0.05) is 20.8 Å². The molecule has 2 rings (SSSR count). The molecule has 1 aromatic rings. The summed E-state index contributed by atoms with van der Waals surface area (Å²) in [6.45, 7) is 10.8. The molecule has 1 fully saturated rings. The Kier molecular flexibility index (Phi) is 6.02. The van der Waals surface area contributed by atoms with Gasteiger partial charge in [0.25, 0.3) is 0 Å². The van der Waals surface area contributed by atoms with Gasteiger partial charge in [0.15, 0.2) is 5.13 Å². The lowest BCUT2D eigenvalue weighted by Crippen LogP contribution is -2.39. The van der Waals surface area contributed by atoms with Crippen LogP contribution in [0.1, 0.15) is 56.5 Å². The van der Waals surface area contributed by atoms with Crippen LogP contribution in [-0.2, 0) is 6.54 Å². The number of nitrogens with zero attached hydrogens (tertiary/aromatic N) is 3. The summed E-state index contributed by atoms with van der Waals surface area (Å²) in [6.07, 6.45) is 3.50.